The maximum Gasteiger partial charge on any atom is 0.239 e. The highest BCUT2D eigenvalue weighted by Gasteiger charge is 2.16. The van der Waals surface area contributed by atoms with E-state index in [0.717, 1.165) is 17.0 Å². The number of aromatic nitrogens is 2. The van der Waals surface area contributed by atoms with E-state index < -0.39 is 0 Å². The fourth-order valence-electron chi connectivity index (χ4n) is 1.99. The first kappa shape index (κ1) is 17.2. The summed E-state index contributed by atoms with van der Waals surface area (Å²) in [6.07, 6.45) is 0. The van der Waals surface area contributed by atoms with E-state index in [1.54, 1.807) is 19.0 Å². The van der Waals surface area contributed by atoms with Gasteiger partial charge in [-0.15, -0.1) is 12.4 Å². The molecule has 0 fully saturated rings. The van der Waals surface area contributed by atoms with Crippen LogP contribution >= 0.6 is 12.4 Å². The van der Waals surface area contributed by atoms with Crippen LogP contribution < -0.4 is 5.32 Å². The Morgan fingerprint density at radius 1 is 1.38 bits per heavy atom. The highest BCUT2D eigenvalue weighted by Crippen LogP contribution is 2.17. The van der Waals surface area contributed by atoms with Crippen molar-refractivity contribution >= 4 is 18.3 Å². The van der Waals surface area contributed by atoms with Crippen LogP contribution in [0.1, 0.15) is 12.6 Å². The van der Waals surface area contributed by atoms with Crippen molar-refractivity contribution in [2.24, 2.45) is 0 Å². The molecule has 0 saturated heterocycles. The van der Waals surface area contributed by atoms with Crippen molar-refractivity contribution < 1.29 is 4.79 Å². The van der Waals surface area contributed by atoms with Gasteiger partial charge in [-0.05, 0) is 20.0 Å². The zero-order chi connectivity index (χ0) is 14.5. The molecule has 0 bridgehead atoms. The Morgan fingerprint density at radius 3 is 2.67 bits per heavy atom. The van der Waals surface area contributed by atoms with Crippen LogP contribution in [0.3, 0.4) is 0 Å². The van der Waals surface area contributed by atoms with Gasteiger partial charge in [-0.2, -0.15) is 5.10 Å². The normalized spacial score (nSPS) is 11.6. The van der Waals surface area contributed by atoms with E-state index in [4.69, 9.17) is 0 Å². The molecule has 2 rings (SSSR count). The van der Waals surface area contributed by atoms with Gasteiger partial charge in [0.2, 0.25) is 5.91 Å². The molecule has 21 heavy (non-hydrogen) atoms. The van der Waals surface area contributed by atoms with Crippen LogP contribution in [-0.4, -0.2) is 41.1 Å². The van der Waals surface area contributed by atoms with Crippen molar-refractivity contribution in [3.8, 4) is 11.3 Å². The van der Waals surface area contributed by atoms with Gasteiger partial charge in [0.1, 0.15) is 0 Å². The molecule has 0 radical (unpaired) electrons. The number of hydrogen-bond donors (Lipinski definition) is 2. The number of halogens is 1. The van der Waals surface area contributed by atoms with Gasteiger partial charge in [0.15, 0.2) is 0 Å². The number of carbonyl (C=O) groups excluding carboxylic acids is 1. The molecule has 1 aromatic heterocycles. The minimum absolute atomic E-state index is 0. The largest absolute Gasteiger partial charge is 0.339 e. The standard InChI is InChI=1S/C15H20N4O.ClH/c1-11(16-2)15(20)19(3)10-13-9-14(18-17-13)12-7-5-4-6-8-12;/h4-9,11,16H,10H2,1-3H3,(H,17,18);1H/t11-;/m0./s1. The zero-order valence-electron chi connectivity index (χ0n) is 12.5. The summed E-state index contributed by atoms with van der Waals surface area (Å²) in [4.78, 5) is 13.7. The van der Waals surface area contributed by atoms with Crippen molar-refractivity contribution in [2.45, 2.75) is 19.5 Å². The van der Waals surface area contributed by atoms with E-state index in [0.29, 0.717) is 6.54 Å². The Hall–Kier alpha value is -1.85. The van der Waals surface area contributed by atoms with Gasteiger partial charge in [0, 0.05) is 12.6 Å². The first-order valence-corrected chi connectivity index (χ1v) is 6.63. The van der Waals surface area contributed by atoms with Crippen molar-refractivity contribution in [2.75, 3.05) is 14.1 Å². The van der Waals surface area contributed by atoms with Gasteiger partial charge in [-0.1, -0.05) is 30.3 Å². The topological polar surface area (TPSA) is 61.0 Å². The molecule has 114 valence electrons. The van der Waals surface area contributed by atoms with E-state index in [2.05, 4.69) is 15.5 Å². The Labute approximate surface area is 131 Å². The number of rotatable bonds is 5. The molecule has 1 atom stereocenters. The zero-order valence-corrected chi connectivity index (χ0v) is 13.3. The summed E-state index contributed by atoms with van der Waals surface area (Å²) in [6.45, 7) is 2.37. The summed E-state index contributed by atoms with van der Waals surface area (Å²) in [5, 5.41) is 10.2. The molecule has 0 aliphatic rings. The van der Waals surface area contributed by atoms with Gasteiger partial charge in [-0.25, -0.2) is 0 Å². The van der Waals surface area contributed by atoms with Crippen LogP contribution in [0.5, 0.6) is 0 Å². The van der Waals surface area contributed by atoms with E-state index in [1.807, 2.05) is 43.3 Å². The second-order valence-corrected chi connectivity index (χ2v) is 4.85. The number of likely N-dealkylation sites (N-methyl/N-ethyl adjacent to an activating group) is 2. The summed E-state index contributed by atoms with van der Waals surface area (Å²) >= 11 is 0. The quantitative estimate of drug-likeness (QED) is 0.889. The lowest BCUT2D eigenvalue weighted by Crippen LogP contribution is -2.41. The fraction of sp³-hybridized carbons (Fsp3) is 0.333. The predicted molar refractivity (Wildman–Crippen MR) is 86.3 cm³/mol. The number of nitrogens with one attached hydrogen (secondary N) is 2. The molecule has 0 unspecified atom stereocenters. The minimum Gasteiger partial charge on any atom is -0.339 e. The molecule has 5 nitrogen and oxygen atoms in total. The number of hydrogen-bond acceptors (Lipinski definition) is 3. The lowest BCUT2D eigenvalue weighted by molar-refractivity contribution is -0.132. The van der Waals surface area contributed by atoms with E-state index >= 15 is 0 Å². The Morgan fingerprint density at radius 2 is 2.05 bits per heavy atom. The Bertz CT molecular complexity index is 570. The lowest BCUT2D eigenvalue weighted by Gasteiger charge is -2.20. The minimum atomic E-state index is -0.184. The second-order valence-electron chi connectivity index (χ2n) is 4.85. The predicted octanol–water partition coefficient (Wildman–Crippen LogP) is 2.06. The molecule has 0 aliphatic carbocycles. The molecule has 0 spiro atoms. The van der Waals surface area contributed by atoms with Gasteiger partial charge < -0.3 is 10.2 Å². The van der Waals surface area contributed by atoms with Gasteiger partial charge >= 0.3 is 0 Å². The highest BCUT2D eigenvalue weighted by atomic mass is 35.5. The lowest BCUT2D eigenvalue weighted by atomic mass is 10.1. The van der Waals surface area contributed by atoms with Gasteiger partial charge in [-0.3, -0.25) is 9.89 Å². The third kappa shape index (κ3) is 4.31. The van der Waals surface area contributed by atoms with Crippen LogP contribution in [0.4, 0.5) is 0 Å². The van der Waals surface area contributed by atoms with Crippen LogP contribution in [0.25, 0.3) is 11.3 Å². The van der Waals surface area contributed by atoms with Gasteiger partial charge in [0.25, 0.3) is 0 Å². The highest BCUT2D eigenvalue weighted by molar-refractivity contribution is 5.85. The average molecular weight is 309 g/mol. The number of H-pyrrole nitrogens is 1. The second kappa shape index (κ2) is 7.81. The molecule has 2 aromatic rings. The van der Waals surface area contributed by atoms with E-state index in [9.17, 15) is 4.79 Å². The maximum absolute atomic E-state index is 12.0. The number of carbonyl (C=O) groups is 1. The molecular weight excluding hydrogens is 288 g/mol. The van der Waals surface area contributed by atoms with Crippen LogP contribution in [0.15, 0.2) is 36.4 Å². The molecular formula is C15H21ClN4O. The summed E-state index contributed by atoms with van der Waals surface area (Å²) in [7, 11) is 3.57. The van der Waals surface area contributed by atoms with Crippen LogP contribution in [0.2, 0.25) is 0 Å². The van der Waals surface area contributed by atoms with Crippen LogP contribution in [0, 0.1) is 0 Å². The molecule has 0 aliphatic heterocycles. The average Bonchev–Trinajstić information content (AvgIpc) is 2.95. The van der Waals surface area contributed by atoms with Crippen molar-refractivity contribution in [1.82, 2.24) is 20.4 Å². The smallest absolute Gasteiger partial charge is 0.239 e. The third-order valence-electron chi connectivity index (χ3n) is 3.29. The summed E-state index contributed by atoms with van der Waals surface area (Å²) < 4.78 is 0. The van der Waals surface area contributed by atoms with E-state index in [1.165, 1.54) is 0 Å². The Balaban J connectivity index is 0.00000220. The SMILES string of the molecule is CN[C@@H](C)C(=O)N(C)Cc1cc(-c2ccccc2)n[nH]1.Cl. The fourth-order valence-corrected chi connectivity index (χ4v) is 1.99. The first-order valence-electron chi connectivity index (χ1n) is 6.63. The molecule has 1 heterocycles. The van der Waals surface area contributed by atoms with Crippen LogP contribution in [-0.2, 0) is 11.3 Å². The Kier molecular flexibility index (Phi) is 6.39. The summed E-state index contributed by atoms with van der Waals surface area (Å²) in [5.41, 5.74) is 2.87. The number of amides is 1. The maximum atomic E-state index is 12.0. The van der Waals surface area contributed by atoms with E-state index in [-0.39, 0.29) is 24.4 Å². The molecule has 0 saturated carbocycles. The monoisotopic (exact) mass is 308 g/mol. The van der Waals surface area contributed by atoms with Crippen molar-refractivity contribution in [3.63, 3.8) is 0 Å². The molecule has 1 amide bonds. The molecule has 2 N–H and O–H groups in total. The number of benzene rings is 1. The number of nitrogens with zero attached hydrogens (tertiary/aromatic N) is 2. The van der Waals surface area contributed by atoms with Crippen molar-refractivity contribution in [3.05, 3.63) is 42.1 Å². The summed E-state index contributed by atoms with van der Waals surface area (Å²) in [5.74, 6) is 0.0587. The first-order chi connectivity index (χ1) is 9.61. The third-order valence-corrected chi connectivity index (χ3v) is 3.29. The molecule has 6 heteroatoms. The number of aromatic amines is 1. The van der Waals surface area contributed by atoms with Gasteiger partial charge in [0.05, 0.1) is 24.0 Å². The van der Waals surface area contributed by atoms with Crippen molar-refractivity contribution in [1.29, 1.82) is 0 Å². The molecule has 1 aromatic carbocycles. The summed E-state index contributed by atoms with van der Waals surface area (Å²) in [6, 6.07) is 11.8.